The summed E-state index contributed by atoms with van der Waals surface area (Å²) in [6, 6.07) is 6.13. The number of hydrogen-bond acceptors (Lipinski definition) is 4. The van der Waals surface area contributed by atoms with Crippen molar-refractivity contribution in [1.82, 2.24) is 5.32 Å². The van der Waals surface area contributed by atoms with Crippen molar-refractivity contribution in [2.75, 3.05) is 5.32 Å². The number of hydrogen-bond donors (Lipinski definition) is 3. The molecule has 7 heteroatoms. The highest BCUT2D eigenvalue weighted by Crippen LogP contribution is 2.18. The molecule has 0 heterocycles. The third kappa shape index (κ3) is 7.55. The minimum atomic E-state index is -0.889. The first kappa shape index (κ1) is 21.5. The van der Waals surface area contributed by atoms with Gasteiger partial charge in [0.15, 0.2) is 0 Å². The Morgan fingerprint density at radius 2 is 1.58 bits per heavy atom. The van der Waals surface area contributed by atoms with Gasteiger partial charge >= 0.3 is 6.09 Å². The van der Waals surface area contributed by atoms with Crippen molar-refractivity contribution in [3.8, 4) is 0 Å². The average Bonchev–Trinajstić information content (AvgIpc) is 2.45. The van der Waals surface area contributed by atoms with Gasteiger partial charge in [0, 0.05) is 17.5 Å². The summed E-state index contributed by atoms with van der Waals surface area (Å²) in [5.41, 5.74) is 5.66. The van der Waals surface area contributed by atoms with Gasteiger partial charge in [0.2, 0.25) is 11.8 Å². The molecule has 0 radical (unpaired) electrons. The van der Waals surface area contributed by atoms with Gasteiger partial charge in [-0.05, 0) is 38.5 Å². The largest absolute Gasteiger partial charge is 0.444 e. The zero-order valence-electron chi connectivity index (χ0n) is 16.3. The molecule has 144 valence electrons. The zero-order valence-corrected chi connectivity index (χ0v) is 16.3. The molecule has 7 nitrogen and oxygen atoms in total. The lowest BCUT2D eigenvalue weighted by molar-refractivity contribution is -0.123. The molecule has 0 unspecified atom stereocenters. The van der Waals surface area contributed by atoms with Crippen molar-refractivity contribution in [2.45, 2.75) is 59.6 Å². The topological polar surface area (TPSA) is 111 Å². The second-order valence-corrected chi connectivity index (χ2v) is 8.21. The molecule has 0 aliphatic heterocycles. The first-order valence-electron chi connectivity index (χ1n) is 8.47. The molecule has 26 heavy (non-hydrogen) atoms. The van der Waals surface area contributed by atoms with Gasteiger partial charge < -0.3 is 21.1 Å². The summed E-state index contributed by atoms with van der Waals surface area (Å²) in [6.07, 6.45) is -0.474. The quantitative estimate of drug-likeness (QED) is 0.746. The Bertz CT molecular complexity index is 655. The van der Waals surface area contributed by atoms with E-state index in [0.717, 1.165) is 5.56 Å². The number of anilines is 1. The smallest absolute Gasteiger partial charge is 0.408 e. The first-order valence-corrected chi connectivity index (χ1v) is 8.47. The van der Waals surface area contributed by atoms with Gasteiger partial charge in [-0.2, -0.15) is 0 Å². The number of nitrogens with two attached hydrogens (primary N) is 1. The van der Waals surface area contributed by atoms with E-state index in [1.165, 1.54) is 0 Å². The number of primary amides is 1. The highest BCUT2D eigenvalue weighted by atomic mass is 16.6. The number of alkyl carbamates (subject to hydrolysis) is 1. The fourth-order valence-electron chi connectivity index (χ4n) is 1.95. The minimum Gasteiger partial charge on any atom is -0.444 e. The van der Waals surface area contributed by atoms with E-state index in [0.29, 0.717) is 5.69 Å². The van der Waals surface area contributed by atoms with Crippen LogP contribution in [0.5, 0.6) is 0 Å². The van der Waals surface area contributed by atoms with Crippen LogP contribution < -0.4 is 16.4 Å². The van der Waals surface area contributed by atoms with E-state index in [1.807, 2.05) is 20.8 Å². The monoisotopic (exact) mass is 363 g/mol. The average molecular weight is 363 g/mol. The van der Waals surface area contributed by atoms with Crippen LogP contribution in [0.15, 0.2) is 24.3 Å². The lowest BCUT2D eigenvalue weighted by Gasteiger charge is -2.22. The Balaban J connectivity index is 2.74. The summed E-state index contributed by atoms with van der Waals surface area (Å²) in [5, 5.41) is 5.31. The van der Waals surface area contributed by atoms with Crippen molar-refractivity contribution in [3.05, 3.63) is 29.8 Å². The van der Waals surface area contributed by atoms with Gasteiger partial charge in [0.05, 0.1) is 0 Å². The summed E-state index contributed by atoms with van der Waals surface area (Å²) in [5.74, 6) is -0.743. The minimum absolute atomic E-state index is 0.0909. The van der Waals surface area contributed by atoms with Crippen LogP contribution in [0.25, 0.3) is 0 Å². The SMILES string of the molecule is CC(C)(C)OC(=O)N[C@@H](Cc1ccc(NC(=O)C(C)(C)C)cc1)C(N)=O. The van der Waals surface area contributed by atoms with E-state index < -0.39 is 29.1 Å². The maximum atomic E-state index is 12.0. The van der Waals surface area contributed by atoms with Crippen molar-refractivity contribution < 1.29 is 19.1 Å². The fraction of sp³-hybridized carbons (Fsp3) is 0.526. The Morgan fingerprint density at radius 3 is 2.00 bits per heavy atom. The van der Waals surface area contributed by atoms with Gasteiger partial charge in [-0.15, -0.1) is 0 Å². The molecule has 0 aliphatic rings. The summed E-state index contributed by atoms with van der Waals surface area (Å²) in [7, 11) is 0. The predicted octanol–water partition coefficient (Wildman–Crippen LogP) is 2.59. The highest BCUT2D eigenvalue weighted by Gasteiger charge is 2.23. The van der Waals surface area contributed by atoms with Gasteiger partial charge in [0.1, 0.15) is 11.6 Å². The van der Waals surface area contributed by atoms with Crippen molar-refractivity contribution >= 4 is 23.6 Å². The molecule has 0 bridgehead atoms. The molecule has 0 saturated carbocycles. The standard InChI is InChI=1S/C19H29N3O4/c1-18(2,3)16(24)21-13-9-7-12(8-10-13)11-14(15(20)23)22-17(25)26-19(4,5)6/h7-10,14H,11H2,1-6H3,(H2,20,23)(H,21,24)(H,22,25)/t14-/m0/s1. The number of ether oxygens (including phenoxy) is 1. The molecule has 0 aromatic heterocycles. The number of carbonyl (C=O) groups excluding carboxylic acids is 3. The van der Waals surface area contributed by atoms with Crippen LogP contribution in [-0.4, -0.2) is 29.6 Å². The van der Waals surface area contributed by atoms with Crippen molar-refractivity contribution in [3.63, 3.8) is 0 Å². The zero-order chi connectivity index (χ0) is 20.1. The molecule has 1 aromatic rings. The van der Waals surface area contributed by atoms with E-state index in [9.17, 15) is 14.4 Å². The summed E-state index contributed by atoms with van der Waals surface area (Å²) >= 11 is 0. The molecule has 1 rings (SSSR count). The van der Waals surface area contributed by atoms with Crippen LogP contribution in [0, 0.1) is 5.41 Å². The second kappa shape index (κ2) is 8.21. The Kier molecular flexibility index (Phi) is 6.78. The summed E-state index contributed by atoms with van der Waals surface area (Å²) < 4.78 is 5.15. The first-order chi connectivity index (χ1) is 11.8. The summed E-state index contributed by atoms with van der Waals surface area (Å²) in [6.45, 7) is 10.7. The molecule has 4 N–H and O–H groups in total. The van der Waals surface area contributed by atoms with Gasteiger partial charge in [0.25, 0.3) is 0 Å². The third-order valence-corrected chi connectivity index (χ3v) is 3.37. The predicted molar refractivity (Wildman–Crippen MR) is 101 cm³/mol. The molecule has 0 spiro atoms. The molecule has 1 atom stereocenters. The lowest BCUT2D eigenvalue weighted by atomic mass is 9.95. The third-order valence-electron chi connectivity index (χ3n) is 3.37. The van der Waals surface area contributed by atoms with E-state index in [1.54, 1.807) is 45.0 Å². The molecule has 3 amide bonds. The molecule has 0 fully saturated rings. The van der Waals surface area contributed by atoms with E-state index in [4.69, 9.17) is 10.5 Å². The van der Waals surface area contributed by atoms with E-state index >= 15 is 0 Å². The number of carbonyl (C=O) groups is 3. The Labute approximate surface area is 154 Å². The maximum Gasteiger partial charge on any atom is 0.408 e. The van der Waals surface area contributed by atoms with Gasteiger partial charge in [-0.25, -0.2) is 4.79 Å². The number of nitrogens with one attached hydrogen (secondary N) is 2. The molecule has 1 aromatic carbocycles. The van der Waals surface area contributed by atoms with Crippen LogP contribution in [0.4, 0.5) is 10.5 Å². The van der Waals surface area contributed by atoms with Gasteiger partial charge in [-0.3, -0.25) is 9.59 Å². The van der Waals surface area contributed by atoms with Crippen LogP contribution in [0.1, 0.15) is 47.1 Å². The van der Waals surface area contributed by atoms with E-state index in [-0.39, 0.29) is 12.3 Å². The fourth-order valence-corrected chi connectivity index (χ4v) is 1.95. The molecule has 0 saturated heterocycles. The number of benzene rings is 1. The van der Waals surface area contributed by atoms with Gasteiger partial charge in [-0.1, -0.05) is 32.9 Å². The number of amides is 3. The Hall–Kier alpha value is -2.57. The lowest BCUT2D eigenvalue weighted by Crippen LogP contribution is -2.47. The molecular formula is C19H29N3O4. The molecule has 0 aliphatic carbocycles. The van der Waals surface area contributed by atoms with Crippen LogP contribution >= 0.6 is 0 Å². The Morgan fingerprint density at radius 1 is 1.04 bits per heavy atom. The van der Waals surface area contributed by atoms with Crippen molar-refractivity contribution in [1.29, 1.82) is 0 Å². The second-order valence-electron chi connectivity index (χ2n) is 8.21. The highest BCUT2D eigenvalue weighted by molar-refractivity contribution is 5.94. The summed E-state index contributed by atoms with van der Waals surface area (Å²) in [4.78, 5) is 35.5. The normalized spacial score (nSPS) is 12.8. The number of rotatable bonds is 5. The maximum absolute atomic E-state index is 12.0. The molecular weight excluding hydrogens is 334 g/mol. The van der Waals surface area contributed by atoms with Crippen LogP contribution in [0.2, 0.25) is 0 Å². The van der Waals surface area contributed by atoms with Crippen LogP contribution in [-0.2, 0) is 20.7 Å². The van der Waals surface area contributed by atoms with Crippen LogP contribution in [0.3, 0.4) is 0 Å². The van der Waals surface area contributed by atoms with E-state index in [2.05, 4.69) is 10.6 Å². The van der Waals surface area contributed by atoms with Crippen molar-refractivity contribution in [2.24, 2.45) is 11.1 Å².